The summed E-state index contributed by atoms with van der Waals surface area (Å²) in [6, 6.07) is 1.02. The van der Waals surface area contributed by atoms with Crippen LogP contribution in [-0.4, -0.2) is 30.9 Å². The number of carbonyl (C=O) groups excluding carboxylic acids is 3. The van der Waals surface area contributed by atoms with Gasteiger partial charge in [-0.25, -0.2) is 10.2 Å². The number of unbranched alkanes of at least 4 members (excludes halogenated alkanes) is 1. The number of urea groups is 1. The maximum absolute atomic E-state index is 11.7. The van der Waals surface area contributed by atoms with Crippen LogP contribution in [0.1, 0.15) is 35.9 Å². The molecule has 116 valence electrons. The normalized spacial score (nSPS) is 9.81. The van der Waals surface area contributed by atoms with Gasteiger partial charge in [-0.2, -0.15) is 0 Å². The Morgan fingerprint density at radius 2 is 1.95 bits per heavy atom. The zero-order valence-corrected chi connectivity index (χ0v) is 12.1. The lowest BCUT2D eigenvalue weighted by Crippen LogP contribution is -2.50. The van der Waals surface area contributed by atoms with Gasteiger partial charge in [-0.15, -0.1) is 0 Å². The summed E-state index contributed by atoms with van der Waals surface area (Å²) in [5, 5.41) is 4.99. The second-order valence-corrected chi connectivity index (χ2v) is 4.36. The number of amides is 4. The summed E-state index contributed by atoms with van der Waals surface area (Å²) >= 11 is 0. The summed E-state index contributed by atoms with van der Waals surface area (Å²) in [5.41, 5.74) is 4.75. The van der Waals surface area contributed by atoms with Crippen molar-refractivity contribution in [3.8, 4) is 0 Å². The number of nitrogens with one attached hydrogen (secondary N) is 4. The Hall–Kier alpha value is -2.51. The van der Waals surface area contributed by atoms with Crippen LogP contribution in [0.15, 0.2) is 16.7 Å². The predicted octanol–water partition coefficient (Wildman–Crippen LogP) is 0.448. The van der Waals surface area contributed by atoms with Gasteiger partial charge < -0.3 is 15.1 Å². The highest BCUT2D eigenvalue weighted by atomic mass is 16.3. The number of hydrogen-bond acceptors (Lipinski definition) is 4. The molecule has 0 aliphatic heterocycles. The maximum atomic E-state index is 11.7. The molecule has 8 heteroatoms. The van der Waals surface area contributed by atoms with Crippen LogP contribution in [0.25, 0.3) is 0 Å². The number of furan rings is 1. The average Bonchev–Trinajstić information content (AvgIpc) is 2.89. The first-order valence-corrected chi connectivity index (χ1v) is 6.69. The molecule has 0 aromatic carbocycles. The van der Waals surface area contributed by atoms with Gasteiger partial charge in [-0.1, -0.05) is 13.3 Å². The van der Waals surface area contributed by atoms with Crippen molar-refractivity contribution in [3.05, 3.63) is 23.7 Å². The molecule has 1 rings (SSSR count). The molecule has 0 radical (unpaired) electrons. The molecular formula is C13H20N4O4. The minimum atomic E-state index is -0.532. The van der Waals surface area contributed by atoms with Crippen LogP contribution in [0.3, 0.4) is 0 Å². The smallest absolute Gasteiger partial charge is 0.333 e. The first-order chi connectivity index (χ1) is 10.0. The summed E-state index contributed by atoms with van der Waals surface area (Å²) in [6.07, 6.45) is 3.22. The van der Waals surface area contributed by atoms with Crippen molar-refractivity contribution in [1.29, 1.82) is 0 Å². The Labute approximate surface area is 122 Å². The molecule has 0 bridgehead atoms. The highest BCUT2D eigenvalue weighted by molar-refractivity contribution is 5.97. The number of hydrogen-bond donors (Lipinski definition) is 4. The number of rotatable bonds is 6. The van der Waals surface area contributed by atoms with Gasteiger partial charge in [-0.05, 0) is 19.4 Å². The number of aryl methyl sites for hydroxylation is 1. The molecule has 1 aromatic rings. The lowest BCUT2D eigenvalue weighted by atomic mass is 10.2. The number of carbonyl (C=O) groups is 3. The third-order valence-corrected chi connectivity index (χ3v) is 2.64. The minimum absolute atomic E-state index is 0.251. The molecule has 0 saturated carbocycles. The third-order valence-electron chi connectivity index (χ3n) is 2.64. The molecule has 0 fully saturated rings. The molecule has 0 unspecified atom stereocenters. The van der Waals surface area contributed by atoms with Gasteiger partial charge in [0.2, 0.25) is 0 Å². The van der Waals surface area contributed by atoms with Crippen molar-refractivity contribution < 1.29 is 18.8 Å². The van der Waals surface area contributed by atoms with Crippen LogP contribution in [-0.2, 0) is 4.79 Å². The highest BCUT2D eigenvalue weighted by Gasteiger charge is 2.12. The molecule has 0 aliphatic carbocycles. The summed E-state index contributed by atoms with van der Waals surface area (Å²) in [6.45, 7) is 3.94. The van der Waals surface area contributed by atoms with E-state index in [1.165, 1.54) is 12.3 Å². The van der Waals surface area contributed by atoms with Gasteiger partial charge in [-0.3, -0.25) is 15.0 Å². The first-order valence-electron chi connectivity index (χ1n) is 6.69. The molecule has 1 aromatic heterocycles. The van der Waals surface area contributed by atoms with E-state index in [-0.39, 0.29) is 6.54 Å². The standard InChI is InChI=1S/C13H20N4O4/c1-3-4-6-14-13(20)17-16-11(18)8-15-12(19)10-5-7-21-9(10)2/h5,7H,3-4,6,8H2,1-2H3,(H,15,19)(H,16,18)(H2,14,17,20). The predicted molar refractivity (Wildman–Crippen MR) is 75.4 cm³/mol. The fraction of sp³-hybridized carbons (Fsp3) is 0.462. The van der Waals surface area contributed by atoms with Gasteiger partial charge in [0.1, 0.15) is 5.76 Å². The second kappa shape index (κ2) is 8.62. The molecule has 8 nitrogen and oxygen atoms in total. The molecule has 4 amide bonds. The topological polar surface area (TPSA) is 112 Å². The van der Waals surface area contributed by atoms with Crippen molar-refractivity contribution in [2.75, 3.05) is 13.1 Å². The van der Waals surface area contributed by atoms with Gasteiger partial charge in [0.25, 0.3) is 11.8 Å². The zero-order valence-electron chi connectivity index (χ0n) is 12.1. The van der Waals surface area contributed by atoms with E-state index < -0.39 is 17.8 Å². The first kappa shape index (κ1) is 16.5. The van der Waals surface area contributed by atoms with Crippen LogP contribution in [0.5, 0.6) is 0 Å². The molecule has 0 spiro atoms. The third kappa shape index (κ3) is 5.98. The lowest BCUT2D eigenvalue weighted by Gasteiger charge is -2.09. The van der Waals surface area contributed by atoms with Crippen molar-refractivity contribution >= 4 is 17.8 Å². The van der Waals surface area contributed by atoms with E-state index in [0.717, 1.165) is 12.8 Å². The van der Waals surface area contributed by atoms with Crippen molar-refractivity contribution in [2.45, 2.75) is 26.7 Å². The molecular weight excluding hydrogens is 276 g/mol. The molecule has 21 heavy (non-hydrogen) atoms. The van der Waals surface area contributed by atoms with Crippen LogP contribution in [0.4, 0.5) is 4.79 Å². The van der Waals surface area contributed by atoms with E-state index in [4.69, 9.17) is 4.42 Å². The summed E-state index contributed by atoms with van der Waals surface area (Å²) in [4.78, 5) is 34.4. The van der Waals surface area contributed by atoms with Crippen molar-refractivity contribution in [3.63, 3.8) is 0 Å². The largest absolute Gasteiger partial charge is 0.469 e. The molecule has 0 saturated heterocycles. The van der Waals surface area contributed by atoms with Crippen molar-refractivity contribution in [1.82, 2.24) is 21.5 Å². The van der Waals surface area contributed by atoms with E-state index in [0.29, 0.717) is 17.9 Å². The van der Waals surface area contributed by atoms with E-state index in [9.17, 15) is 14.4 Å². The highest BCUT2D eigenvalue weighted by Crippen LogP contribution is 2.07. The Morgan fingerprint density at radius 1 is 1.19 bits per heavy atom. The second-order valence-electron chi connectivity index (χ2n) is 4.36. The minimum Gasteiger partial charge on any atom is -0.469 e. The number of hydrazine groups is 1. The summed E-state index contributed by atoms with van der Waals surface area (Å²) in [7, 11) is 0. The Kier molecular flexibility index (Phi) is 6.79. The lowest BCUT2D eigenvalue weighted by molar-refractivity contribution is -0.120. The van der Waals surface area contributed by atoms with Gasteiger partial charge in [0.15, 0.2) is 0 Å². The SMILES string of the molecule is CCCCNC(=O)NNC(=O)CNC(=O)c1ccoc1C. The van der Waals surface area contributed by atoms with Crippen molar-refractivity contribution in [2.24, 2.45) is 0 Å². The fourth-order valence-electron chi connectivity index (χ4n) is 1.47. The summed E-state index contributed by atoms with van der Waals surface area (Å²) in [5.74, 6) is -0.472. The van der Waals surface area contributed by atoms with Gasteiger partial charge >= 0.3 is 6.03 Å². The van der Waals surface area contributed by atoms with Gasteiger partial charge in [0.05, 0.1) is 18.4 Å². The Bertz CT molecular complexity index is 498. The van der Waals surface area contributed by atoms with Crippen LogP contribution in [0, 0.1) is 6.92 Å². The van der Waals surface area contributed by atoms with Gasteiger partial charge in [0, 0.05) is 6.54 Å². The van der Waals surface area contributed by atoms with E-state index in [1.54, 1.807) is 6.92 Å². The van der Waals surface area contributed by atoms with E-state index >= 15 is 0 Å². The Morgan fingerprint density at radius 3 is 2.57 bits per heavy atom. The van der Waals surface area contributed by atoms with Crippen LogP contribution < -0.4 is 21.5 Å². The Balaban J connectivity index is 2.21. The van der Waals surface area contributed by atoms with E-state index in [2.05, 4.69) is 21.5 Å². The van der Waals surface area contributed by atoms with E-state index in [1.807, 2.05) is 6.92 Å². The monoisotopic (exact) mass is 296 g/mol. The molecule has 1 heterocycles. The molecule has 0 atom stereocenters. The quantitative estimate of drug-likeness (QED) is 0.451. The summed E-state index contributed by atoms with van der Waals surface area (Å²) < 4.78 is 4.99. The maximum Gasteiger partial charge on any atom is 0.333 e. The molecule has 0 aliphatic rings. The van der Waals surface area contributed by atoms with Crippen LogP contribution in [0.2, 0.25) is 0 Å². The molecule has 4 N–H and O–H groups in total. The average molecular weight is 296 g/mol. The fourth-order valence-corrected chi connectivity index (χ4v) is 1.47. The zero-order chi connectivity index (χ0) is 15.7. The van der Waals surface area contributed by atoms with Crippen LogP contribution >= 0.6 is 0 Å².